The van der Waals surface area contributed by atoms with Gasteiger partial charge in [-0.25, -0.2) is 0 Å². The van der Waals surface area contributed by atoms with Gasteiger partial charge in [0.15, 0.2) is 0 Å². The zero-order valence-electron chi connectivity index (χ0n) is 16.7. The van der Waals surface area contributed by atoms with Gasteiger partial charge in [-0.05, 0) is 42.8 Å². The summed E-state index contributed by atoms with van der Waals surface area (Å²) in [5, 5.41) is 3.45. The number of carbonyl (C=O) groups excluding carboxylic acids is 1. The topological polar surface area (TPSA) is 60.5 Å². The molecule has 0 aliphatic heterocycles. The van der Waals surface area contributed by atoms with Gasteiger partial charge in [0.25, 0.3) is 5.91 Å². The second-order valence-corrected chi connectivity index (χ2v) is 6.88. The number of aromatic nitrogens is 1. The summed E-state index contributed by atoms with van der Waals surface area (Å²) in [6, 6.07) is 9.78. The zero-order chi connectivity index (χ0) is 21.9. The van der Waals surface area contributed by atoms with Crippen LogP contribution in [0.25, 0.3) is 22.0 Å². The number of methoxy groups -OCH3 is 2. The molecule has 1 heterocycles. The molecule has 0 saturated carbocycles. The maximum atomic E-state index is 12.9. The van der Waals surface area contributed by atoms with Crippen LogP contribution < -0.4 is 10.1 Å². The van der Waals surface area contributed by atoms with Crippen molar-refractivity contribution in [2.24, 2.45) is 0 Å². The van der Waals surface area contributed by atoms with Crippen LogP contribution >= 0.6 is 0 Å². The van der Waals surface area contributed by atoms with E-state index in [9.17, 15) is 18.0 Å². The van der Waals surface area contributed by atoms with E-state index < -0.39 is 11.7 Å². The van der Waals surface area contributed by atoms with Gasteiger partial charge in [0.05, 0.1) is 30.4 Å². The molecule has 0 radical (unpaired) electrons. The number of fused-ring (bicyclic) bond motifs is 1. The van der Waals surface area contributed by atoms with Gasteiger partial charge in [-0.2, -0.15) is 13.2 Å². The van der Waals surface area contributed by atoms with Crippen LogP contribution in [0.5, 0.6) is 5.75 Å². The van der Waals surface area contributed by atoms with E-state index >= 15 is 0 Å². The monoisotopic (exact) mass is 418 g/mol. The third kappa shape index (κ3) is 4.71. The average molecular weight is 418 g/mol. The van der Waals surface area contributed by atoms with Gasteiger partial charge >= 0.3 is 6.18 Å². The van der Waals surface area contributed by atoms with E-state index in [-0.39, 0.29) is 11.9 Å². The summed E-state index contributed by atoms with van der Waals surface area (Å²) < 4.78 is 49.0. The van der Waals surface area contributed by atoms with E-state index in [1.807, 2.05) is 6.92 Å². The lowest BCUT2D eigenvalue weighted by atomic mass is 9.99. The SMILES string of the molecule is COC[C@@H](C)NC(=O)c1cnc2c(-c3ccc(C(F)(F)F)cc3)cc(OC)cc2c1. The molecule has 1 N–H and O–H groups in total. The van der Waals surface area contributed by atoms with Crippen LogP contribution in [0.4, 0.5) is 13.2 Å². The number of nitrogens with one attached hydrogen (secondary N) is 1. The first-order chi connectivity index (χ1) is 14.2. The minimum Gasteiger partial charge on any atom is -0.497 e. The molecule has 0 fully saturated rings. The van der Waals surface area contributed by atoms with Crippen molar-refractivity contribution >= 4 is 16.8 Å². The Bertz CT molecular complexity index is 1050. The van der Waals surface area contributed by atoms with E-state index in [4.69, 9.17) is 9.47 Å². The van der Waals surface area contributed by atoms with Crippen LogP contribution in [-0.2, 0) is 10.9 Å². The van der Waals surface area contributed by atoms with E-state index in [1.54, 1.807) is 25.3 Å². The fraction of sp³-hybridized carbons (Fsp3) is 0.273. The second-order valence-electron chi connectivity index (χ2n) is 6.88. The Morgan fingerprint density at radius 3 is 2.43 bits per heavy atom. The highest BCUT2D eigenvalue weighted by molar-refractivity contribution is 6.01. The highest BCUT2D eigenvalue weighted by Crippen LogP contribution is 2.35. The first kappa shape index (κ1) is 21.6. The standard InChI is InChI=1S/C22H21F3N2O3/c1-13(12-29-2)27-21(28)16-8-15-9-18(30-3)10-19(20(15)26-11-16)14-4-6-17(7-5-14)22(23,24)25/h4-11,13H,12H2,1-3H3,(H,27,28)/t13-/m1/s1. The third-order valence-corrected chi connectivity index (χ3v) is 4.57. The molecule has 5 nitrogen and oxygen atoms in total. The van der Waals surface area contributed by atoms with Gasteiger partial charge in [0.2, 0.25) is 0 Å². The maximum absolute atomic E-state index is 12.9. The van der Waals surface area contributed by atoms with Crippen LogP contribution in [0.1, 0.15) is 22.8 Å². The fourth-order valence-electron chi connectivity index (χ4n) is 3.12. The molecule has 0 unspecified atom stereocenters. The number of halogens is 3. The fourth-order valence-corrected chi connectivity index (χ4v) is 3.12. The van der Waals surface area contributed by atoms with Crippen molar-refractivity contribution in [1.29, 1.82) is 0 Å². The summed E-state index contributed by atoms with van der Waals surface area (Å²) in [5.74, 6) is 0.206. The number of rotatable bonds is 6. The summed E-state index contributed by atoms with van der Waals surface area (Å²) in [6.45, 7) is 2.19. The lowest BCUT2D eigenvalue weighted by Crippen LogP contribution is -2.35. The van der Waals surface area contributed by atoms with E-state index in [2.05, 4.69) is 10.3 Å². The molecule has 8 heteroatoms. The molecular weight excluding hydrogens is 397 g/mol. The Hall–Kier alpha value is -3.13. The minimum absolute atomic E-state index is 0.175. The van der Waals surface area contributed by atoms with Crippen molar-refractivity contribution in [3.8, 4) is 16.9 Å². The number of ether oxygens (including phenoxy) is 2. The number of hydrogen-bond donors (Lipinski definition) is 1. The first-order valence-corrected chi connectivity index (χ1v) is 9.18. The van der Waals surface area contributed by atoms with Crippen molar-refractivity contribution in [2.75, 3.05) is 20.8 Å². The van der Waals surface area contributed by atoms with Crippen molar-refractivity contribution in [1.82, 2.24) is 10.3 Å². The molecule has 0 saturated heterocycles. The van der Waals surface area contributed by atoms with Crippen molar-refractivity contribution in [3.63, 3.8) is 0 Å². The van der Waals surface area contributed by atoms with Crippen LogP contribution in [0.2, 0.25) is 0 Å². The molecule has 2 aromatic carbocycles. The molecular formula is C22H21F3N2O3. The summed E-state index contributed by atoms with van der Waals surface area (Å²) in [4.78, 5) is 16.9. The molecule has 1 aromatic heterocycles. The normalized spacial score (nSPS) is 12.6. The quantitative estimate of drug-likeness (QED) is 0.631. The molecule has 0 aliphatic carbocycles. The summed E-state index contributed by atoms with van der Waals surface area (Å²) in [7, 11) is 3.05. The Balaban J connectivity index is 2.02. The van der Waals surface area contributed by atoms with Crippen LogP contribution in [0, 0.1) is 0 Å². The highest BCUT2D eigenvalue weighted by atomic mass is 19.4. The molecule has 0 spiro atoms. The van der Waals surface area contributed by atoms with E-state index in [0.29, 0.717) is 39.9 Å². The Morgan fingerprint density at radius 1 is 1.13 bits per heavy atom. The van der Waals surface area contributed by atoms with Crippen LogP contribution in [-0.4, -0.2) is 37.8 Å². The zero-order valence-corrected chi connectivity index (χ0v) is 16.7. The molecule has 0 bridgehead atoms. The number of hydrogen-bond acceptors (Lipinski definition) is 4. The van der Waals surface area contributed by atoms with Gasteiger partial charge in [-0.1, -0.05) is 12.1 Å². The largest absolute Gasteiger partial charge is 0.497 e. The molecule has 30 heavy (non-hydrogen) atoms. The third-order valence-electron chi connectivity index (χ3n) is 4.57. The molecule has 0 aliphatic rings. The Labute approximate surface area is 171 Å². The number of benzene rings is 2. The van der Waals surface area contributed by atoms with Gasteiger partial charge in [-0.3, -0.25) is 9.78 Å². The average Bonchev–Trinajstić information content (AvgIpc) is 2.72. The summed E-state index contributed by atoms with van der Waals surface area (Å²) in [5.41, 5.74) is 1.35. The van der Waals surface area contributed by atoms with Crippen molar-refractivity contribution < 1.29 is 27.4 Å². The predicted molar refractivity (Wildman–Crippen MR) is 108 cm³/mol. The number of nitrogens with zero attached hydrogens (tertiary/aromatic N) is 1. The minimum atomic E-state index is -4.41. The molecule has 3 aromatic rings. The van der Waals surface area contributed by atoms with Gasteiger partial charge in [-0.15, -0.1) is 0 Å². The summed E-state index contributed by atoms with van der Waals surface area (Å²) in [6.07, 6.45) is -2.97. The lowest BCUT2D eigenvalue weighted by Gasteiger charge is -2.14. The number of carbonyl (C=O) groups is 1. The number of alkyl halides is 3. The molecule has 1 atom stereocenters. The predicted octanol–water partition coefficient (Wildman–Crippen LogP) is 4.69. The van der Waals surface area contributed by atoms with Gasteiger partial charge < -0.3 is 14.8 Å². The second kappa shape index (κ2) is 8.71. The van der Waals surface area contributed by atoms with Gasteiger partial charge in [0.1, 0.15) is 5.75 Å². The van der Waals surface area contributed by atoms with Crippen molar-refractivity contribution in [3.05, 3.63) is 59.8 Å². The maximum Gasteiger partial charge on any atom is 0.416 e. The Morgan fingerprint density at radius 2 is 1.83 bits per heavy atom. The molecule has 3 rings (SSSR count). The van der Waals surface area contributed by atoms with Crippen LogP contribution in [0.3, 0.4) is 0 Å². The van der Waals surface area contributed by atoms with Gasteiger partial charge in [0, 0.05) is 30.3 Å². The highest BCUT2D eigenvalue weighted by Gasteiger charge is 2.30. The smallest absolute Gasteiger partial charge is 0.416 e. The summed E-state index contributed by atoms with van der Waals surface area (Å²) >= 11 is 0. The van der Waals surface area contributed by atoms with Crippen molar-refractivity contribution in [2.45, 2.75) is 19.1 Å². The van der Waals surface area contributed by atoms with E-state index in [1.165, 1.54) is 25.4 Å². The van der Waals surface area contributed by atoms with Crippen LogP contribution in [0.15, 0.2) is 48.7 Å². The lowest BCUT2D eigenvalue weighted by molar-refractivity contribution is -0.137. The molecule has 1 amide bonds. The number of pyridine rings is 1. The molecule has 158 valence electrons. The first-order valence-electron chi connectivity index (χ1n) is 9.18. The Kier molecular flexibility index (Phi) is 6.26. The van der Waals surface area contributed by atoms with E-state index in [0.717, 1.165) is 12.1 Å². The number of amides is 1.